The van der Waals surface area contributed by atoms with Gasteiger partial charge >= 0.3 is 6.18 Å². The number of anilines is 2. The number of hydrogen-bond donors (Lipinski definition) is 2. The van der Waals surface area contributed by atoms with Gasteiger partial charge in [0.05, 0.1) is 18.0 Å². The number of nitrogens with one attached hydrogen (secondary N) is 2. The number of halogens is 3. The van der Waals surface area contributed by atoms with Gasteiger partial charge in [0.1, 0.15) is 11.5 Å². The molecular formula is C17H19F3N4O. The normalized spacial score (nSPS) is 11.2. The molecular weight excluding hydrogens is 333 g/mol. The first-order chi connectivity index (χ1) is 11.9. The second-order valence-electron chi connectivity index (χ2n) is 5.45. The van der Waals surface area contributed by atoms with Gasteiger partial charge in [-0.2, -0.15) is 13.2 Å². The lowest BCUT2D eigenvalue weighted by Crippen LogP contribution is -2.15. The molecule has 25 heavy (non-hydrogen) atoms. The van der Waals surface area contributed by atoms with Crippen molar-refractivity contribution < 1.29 is 18.0 Å². The Kier molecular flexibility index (Phi) is 6.32. The number of benzene rings is 1. The van der Waals surface area contributed by atoms with Crippen LogP contribution in [-0.4, -0.2) is 22.4 Å². The minimum absolute atomic E-state index is 0.0246. The van der Waals surface area contributed by atoms with Crippen LogP contribution in [0.3, 0.4) is 0 Å². The Bertz CT molecular complexity index is 702. The van der Waals surface area contributed by atoms with Crippen LogP contribution in [-0.2, 0) is 6.18 Å². The number of nitrogens with zero attached hydrogens (tertiary/aromatic N) is 2. The second kappa shape index (κ2) is 8.46. The molecule has 0 atom stereocenters. The summed E-state index contributed by atoms with van der Waals surface area (Å²) in [6.07, 6.45) is 1.47. The topological polar surface area (TPSA) is 66.9 Å². The molecule has 0 saturated heterocycles. The Morgan fingerprint density at radius 3 is 2.60 bits per heavy atom. The van der Waals surface area contributed by atoms with E-state index in [1.165, 1.54) is 24.5 Å². The van der Waals surface area contributed by atoms with Gasteiger partial charge in [-0.15, -0.1) is 0 Å². The number of unbranched alkanes of at least 4 members (excludes halogenated alkanes) is 2. The van der Waals surface area contributed by atoms with Crippen molar-refractivity contribution in [3.05, 3.63) is 47.9 Å². The number of rotatable bonds is 7. The lowest BCUT2D eigenvalue weighted by atomic mass is 10.2. The van der Waals surface area contributed by atoms with Crippen LogP contribution in [0.15, 0.2) is 36.7 Å². The van der Waals surface area contributed by atoms with E-state index in [2.05, 4.69) is 27.5 Å². The molecule has 1 heterocycles. The van der Waals surface area contributed by atoms with Crippen molar-refractivity contribution in [3.63, 3.8) is 0 Å². The Morgan fingerprint density at radius 2 is 1.96 bits per heavy atom. The maximum absolute atomic E-state index is 12.7. The number of aromatic nitrogens is 2. The Hall–Kier alpha value is -2.64. The average Bonchev–Trinajstić information content (AvgIpc) is 2.59. The molecule has 1 aromatic carbocycles. The number of carbonyl (C=O) groups excluding carboxylic acids is 1. The summed E-state index contributed by atoms with van der Waals surface area (Å²) in [5.41, 5.74) is -0.761. The molecule has 2 N–H and O–H groups in total. The van der Waals surface area contributed by atoms with E-state index in [1.807, 2.05) is 0 Å². The number of hydrogen-bond acceptors (Lipinski definition) is 4. The number of alkyl halides is 3. The molecule has 0 radical (unpaired) electrons. The van der Waals surface area contributed by atoms with E-state index in [0.29, 0.717) is 5.82 Å². The SMILES string of the molecule is CCCCCNc1cnc(C(=O)Nc2cccc(C(F)(F)F)c2)cn1. The first-order valence-electron chi connectivity index (χ1n) is 7.94. The summed E-state index contributed by atoms with van der Waals surface area (Å²) in [6.45, 7) is 2.87. The molecule has 0 spiro atoms. The summed E-state index contributed by atoms with van der Waals surface area (Å²) in [5, 5.41) is 5.48. The van der Waals surface area contributed by atoms with E-state index in [9.17, 15) is 18.0 Å². The summed E-state index contributed by atoms with van der Waals surface area (Å²) >= 11 is 0. The van der Waals surface area contributed by atoms with E-state index in [1.54, 1.807) is 0 Å². The monoisotopic (exact) mass is 352 g/mol. The highest BCUT2D eigenvalue weighted by atomic mass is 19.4. The zero-order valence-corrected chi connectivity index (χ0v) is 13.7. The number of amides is 1. The molecule has 0 aliphatic carbocycles. The third-order valence-corrected chi connectivity index (χ3v) is 3.42. The third kappa shape index (κ3) is 5.74. The fraction of sp³-hybridized carbons (Fsp3) is 0.353. The second-order valence-corrected chi connectivity index (χ2v) is 5.45. The fourth-order valence-electron chi connectivity index (χ4n) is 2.10. The van der Waals surface area contributed by atoms with Crippen LogP contribution < -0.4 is 10.6 Å². The van der Waals surface area contributed by atoms with E-state index in [4.69, 9.17) is 0 Å². The molecule has 2 rings (SSSR count). The van der Waals surface area contributed by atoms with Gasteiger partial charge in [-0.25, -0.2) is 9.97 Å². The maximum atomic E-state index is 12.7. The van der Waals surface area contributed by atoms with E-state index < -0.39 is 17.6 Å². The molecule has 1 amide bonds. The van der Waals surface area contributed by atoms with Gasteiger partial charge in [0.25, 0.3) is 5.91 Å². The van der Waals surface area contributed by atoms with Crippen molar-refractivity contribution in [2.75, 3.05) is 17.2 Å². The van der Waals surface area contributed by atoms with Gasteiger partial charge < -0.3 is 10.6 Å². The molecule has 0 aliphatic rings. The highest BCUT2D eigenvalue weighted by Gasteiger charge is 2.30. The minimum atomic E-state index is -4.47. The largest absolute Gasteiger partial charge is 0.416 e. The zero-order chi connectivity index (χ0) is 18.3. The van der Waals surface area contributed by atoms with Crippen LogP contribution in [0.25, 0.3) is 0 Å². The van der Waals surface area contributed by atoms with Crippen molar-refractivity contribution in [3.8, 4) is 0 Å². The summed E-state index contributed by atoms with van der Waals surface area (Å²) in [4.78, 5) is 20.1. The quantitative estimate of drug-likeness (QED) is 0.727. The van der Waals surface area contributed by atoms with Crippen molar-refractivity contribution in [2.45, 2.75) is 32.4 Å². The molecule has 0 saturated carbocycles. The first-order valence-corrected chi connectivity index (χ1v) is 7.94. The van der Waals surface area contributed by atoms with Crippen LogP contribution in [0.1, 0.15) is 42.2 Å². The lowest BCUT2D eigenvalue weighted by Gasteiger charge is -2.10. The minimum Gasteiger partial charge on any atom is -0.369 e. The van der Waals surface area contributed by atoms with Gasteiger partial charge in [-0.1, -0.05) is 25.8 Å². The Balaban J connectivity index is 1.97. The lowest BCUT2D eigenvalue weighted by molar-refractivity contribution is -0.137. The zero-order valence-electron chi connectivity index (χ0n) is 13.7. The Labute approximate surface area is 143 Å². The highest BCUT2D eigenvalue weighted by molar-refractivity contribution is 6.02. The Morgan fingerprint density at radius 1 is 1.16 bits per heavy atom. The molecule has 8 heteroatoms. The third-order valence-electron chi connectivity index (χ3n) is 3.42. The van der Waals surface area contributed by atoms with Crippen LogP contribution in [0, 0.1) is 0 Å². The molecule has 0 bridgehead atoms. The predicted octanol–water partition coefficient (Wildman–Crippen LogP) is 4.35. The fourth-order valence-corrected chi connectivity index (χ4v) is 2.10. The van der Waals surface area contributed by atoms with Crippen molar-refractivity contribution in [1.29, 1.82) is 0 Å². The van der Waals surface area contributed by atoms with Crippen LogP contribution in [0.5, 0.6) is 0 Å². The molecule has 5 nitrogen and oxygen atoms in total. The smallest absolute Gasteiger partial charge is 0.369 e. The van der Waals surface area contributed by atoms with Crippen LogP contribution in [0.2, 0.25) is 0 Å². The molecule has 134 valence electrons. The van der Waals surface area contributed by atoms with Gasteiger partial charge in [0, 0.05) is 12.2 Å². The average molecular weight is 352 g/mol. The summed E-state index contributed by atoms with van der Waals surface area (Å²) in [6, 6.07) is 4.42. The summed E-state index contributed by atoms with van der Waals surface area (Å²) in [5.74, 6) is -0.0731. The van der Waals surface area contributed by atoms with Crippen molar-refractivity contribution >= 4 is 17.4 Å². The summed E-state index contributed by atoms with van der Waals surface area (Å²) in [7, 11) is 0. The highest BCUT2D eigenvalue weighted by Crippen LogP contribution is 2.30. The summed E-state index contributed by atoms with van der Waals surface area (Å²) < 4.78 is 38.0. The molecule has 0 fully saturated rings. The van der Waals surface area contributed by atoms with Gasteiger partial charge in [-0.3, -0.25) is 4.79 Å². The van der Waals surface area contributed by atoms with Crippen molar-refractivity contribution in [1.82, 2.24) is 9.97 Å². The molecule has 0 unspecified atom stereocenters. The van der Waals surface area contributed by atoms with Crippen LogP contribution in [0.4, 0.5) is 24.7 Å². The van der Waals surface area contributed by atoms with Gasteiger partial charge in [0.2, 0.25) is 0 Å². The number of carbonyl (C=O) groups is 1. The predicted molar refractivity (Wildman–Crippen MR) is 89.4 cm³/mol. The van der Waals surface area contributed by atoms with Crippen molar-refractivity contribution in [2.24, 2.45) is 0 Å². The van der Waals surface area contributed by atoms with E-state index >= 15 is 0 Å². The molecule has 2 aromatic rings. The first kappa shape index (κ1) is 18.7. The molecule has 0 aliphatic heterocycles. The van der Waals surface area contributed by atoms with Gasteiger partial charge in [0.15, 0.2) is 0 Å². The van der Waals surface area contributed by atoms with Crippen LogP contribution >= 0.6 is 0 Å². The standard InChI is InChI=1S/C17H19F3N4O/c1-2-3-4-8-21-15-11-22-14(10-23-15)16(25)24-13-7-5-6-12(9-13)17(18,19)20/h5-7,9-11H,2-4,8H2,1H3,(H,21,23)(H,24,25). The van der Waals surface area contributed by atoms with E-state index in [-0.39, 0.29) is 11.4 Å². The van der Waals surface area contributed by atoms with Gasteiger partial charge in [-0.05, 0) is 24.6 Å². The molecule has 1 aromatic heterocycles. The maximum Gasteiger partial charge on any atom is 0.416 e. The van der Waals surface area contributed by atoms with E-state index in [0.717, 1.165) is 37.9 Å².